The van der Waals surface area contributed by atoms with Crippen molar-refractivity contribution in [2.24, 2.45) is 5.92 Å². The number of hydrogen-bond acceptors (Lipinski definition) is 6. The standard InChI is InChI=1S/C30H40N4O4S/c1-20-9-7-8-12-23(20)18-32-28(37)26-30(2,3)39-19-34(26)29(38)25(35)24(17-21-10-5-4-6-11-21)33-27(36)22-13-15-31-16-14-22/h4-12,22,24-26,31,35H,13-19H2,1-3H3,(H,32,37)(H,33,36)/t24-,25-,26+/m0/s1. The summed E-state index contributed by atoms with van der Waals surface area (Å²) in [6.45, 7) is 7.76. The van der Waals surface area contributed by atoms with E-state index in [-0.39, 0.29) is 23.6 Å². The fourth-order valence-corrected chi connectivity index (χ4v) is 6.48. The van der Waals surface area contributed by atoms with Crippen LogP contribution < -0.4 is 16.0 Å². The maximum Gasteiger partial charge on any atom is 0.254 e. The lowest BCUT2D eigenvalue weighted by Crippen LogP contribution is -2.59. The van der Waals surface area contributed by atoms with E-state index in [1.807, 2.05) is 75.4 Å². The molecule has 2 aromatic carbocycles. The first kappa shape index (κ1) is 29.1. The highest BCUT2D eigenvalue weighted by Crippen LogP contribution is 2.40. The first-order valence-corrected chi connectivity index (χ1v) is 14.7. The lowest BCUT2D eigenvalue weighted by Gasteiger charge is -2.34. The van der Waals surface area contributed by atoms with Gasteiger partial charge in [0.25, 0.3) is 5.91 Å². The molecule has 2 saturated heterocycles. The summed E-state index contributed by atoms with van der Waals surface area (Å²) < 4.78 is -0.543. The van der Waals surface area contributed by atoms with Gasteiger partial charge in [-0.2, -0.15) is 0 Å². The molecular formula is C30H40N4O4S. The van der Waals surface area contributed by atoms with Crippen LogP contribution in [0, 0.1) is 12.8 Å². The lowest BCUT2D eigenvalue weighted by molar-refractivity contribution is -0.148. The molecule has 3 atom stereocenters. The van der Waals surface area contributed by atoms with Gasteiger partial charge < -0.3 is 26.0 Å². The minimum atomic E-state index is -1.49. The molecule has 0 aromatic heterocycles. The van der Waals surface area contributed by atoms with Crippen LogP contribution in [0.1, 0.15) is 43.4 Å². The molecule has 2 aliphatic heterocycles. The van der Waals surface area contributed by atoms with Crippen molar-refractivity contribution in [1.29, 1.82) is 0 Å². The number of benzene rings is 2. The van der Waals surface area contributed by atoms with Crippen molar-refractivity contribution in [3.63, 3.8) is 0 Å². The van der Waals surface area contributed by atoms with Crippen LogP contribution in [-0.2, 0) is 27.3 Å². The smallest absolute Gasteiger partial charge is 0.254 e. The summed E-state index contributed by atoms with van der Waals surface area (Å²) in [6, 6.07) is 15.8. The molecule has 210 valence electrons. The van der Waals surface area contributed by atoms with E-state index in [1.54, 1.807) is 0 Å². The van der Waals surface area contributed by atoms with Gasteiger partial charge in [-0.25, -0.2) is 0 Å². The van der Waals surface area contributed by atoms with Gasteiger partial charge in [-0.1, -0.05) is 54.6 Å². The number of aliphatic hydroxyl groups is 1. The van der Waals surface area contributed by atoms with Crippen molar-refractivity contribution in [2.45, 2.75) is 69.5 Å². The third-order valence-corrected chi connectivity index (χ3v) is 9.14. The average molecular weight is 553 g/mol. The second kappa shape index (κ2) is 13.0. The Labute approximate surface area is 235 Å². The largest absolute Gasteiger partial charge is 0.381 e. The summed E-state index contributed by atoms with van der Waals surface area (Å²) in [7, 11) is 0. The monoisotopic (exact) mass is 552 g/mol. The fraction of sp³-hybridized carbons (Fsp3) is 0.500. The summed E-state index contributed by atoms with van der Waals surface area (Å²) in [5.74, 6) is -0.824. The molecule has 0 radical (unpaired) electrons. The van der Waals surface area contributed by atoms with E-state index in [9.17, 15) is 19.5 Å². The molecule has 0 unspecified atom stereocenters. The predicted molar refractivity (Wildman–Crippen MR) is 154 cm³/mol. The van der Waals surface area contributed by atoms with Crippen LogP contribution in [0.4, 0.5) is 0 Å². The quantitative estimate of drug-likeness (QED) is 0.380. The van der Waals surface area contributed by atoms with Gasteiger partial charge in [-0.05, 0) is 69.8 Å². The van der Waals surface area contributed by atoms with Crippen molar-refractivity contribution in [3.05, 3.63) is 71.3 Å². The molecule has 0 aliphatic carbocycles. The molecule has 3 amide bonds. The van der Waals surface area contributed by atoms with Crippen LogP contribution >= 0.6 is 11.8 Å². The lowest BCUT2D eigenvalue weighted by atomic mass is 9.94. The zero-order valence-electron chi connectivity index (χ0n) is 23.0. The van der Waals surface area contributed by atoms with Crippen LogP contribution in [0.25, 0.3) is 0 Å². The van der Waals surface area contributed by atoms with Gasteiger partial charge in [-0.3, -0.25) is 14.4 Å². The summed E-state index contributed by atoms with van der Waals surface area (Å²) in [6.07, 6.45) is 0.248. The van der Waals surface area contributed by atoms with Gasteiger partial charge in [-0.15, -0.1) is 11.8 Å². The van der Waals surface area contributed by atoms with E-state index in [0.717, 1.165) is 29.8 Å². The van der Waals surface area contributed by atoms with Crippen LogP contribution in [0.5, 0.6) is 0 Å². The molecule has 4 N–H and O–H groups in total. The van der Waals surface area contributed by atoms with E-state index in [1.165, 1.54) is 16.7 Å². The number of piperidine rings is 1. The fourth-order valence-electron chi connectivity index (χ4n) is 5.34. The number of rotatable bonds is 9. The molecule has 0 spiro atoms. The summed E-state index contributed by atoms with van der Waals surface area (Å²) in [5, 5.41) is 20.6. The minimum absolute atomic E-state index is 0.145. The molecule has 0 saturated carbocycles. The highest BCUT2D eigenvalue weighted by atomic mass is 32.2. The number of aliphatic hydroxyl groups excluding tert-OH is 1. The predicted octanol–water partition coefficient (Wildman–Crippen LogP) is 2.38. The van der Waals surface area contributed by atoms with Gasteiger partial charge in [0.05, 0.1) is 11.9 Å². The van der Waals surface area contributed by atoms with Gasteiger partial charge in [0, 0.05) is 17.2 Å². The van der Waals surface area contributed by atoms with Gasteiger partial charge in [0.15, 0.2) is 6.10 Å². The number of nitrogens with one attached hydrogen (secondary N) is 3. The molecule has 0 bridgehead atoms. The minimum Gasteiger partial charge on any atom is -0.381 e. The SMILES string of the molecule is Cc1ccccc1CNC(=O)[C@H]1N(C(=O)[C@@H](O)[C@H](Cc2ccccc2)NC(=O)C2CCNCC2)CSC1(C)C. The number of hydrogen-bond donors (Lipinski definition) is 4. The van der Waals surface area contributed by atoms with E-state index in [2.05, 4.69) is 16.0 Å². The summed E-state index contributed by atoms with van der Waals surface area (Å²) in [5.41, 5.74) is 2.99. The van der Waals surface area contributed by atoms with Crippen molar-refractivity contribution >= 4 is 29.5 Å². The van der Waals surface area contributed by atoms with Gasteiger partial charge >= 0.3 is 0 Å². The molecule has 9 heteroatoms. The normalized spacial score (nSPS) is 20.7. The number of aryl methyl sites for hydroxylation is 1. The molecule has 4 rings (SSSR count). The molecule has 2 heterocycles. The van der Waals surface area contributed by atoms with Crippen molar-refractivity contribution in [3.8, 4) is 0 Å². The third-order valence-electron chi connectivity index (χ3n) is 7.76. The van der Waals surface area contributed by atoms with Crippen LogP contribution in [0.3, 0.4) is 0 Å². The number of thioether (sulfide) groups is 1. The van der Waals surface area contributed by atoms with Crippen LogP contribution in [0.15, 0.2) is 54.6 Å². The molecule has 8 nitrogen and oxygen atoms in total. The topological polar surface area (TPSA) is 111 Å². The van der Waals surface area contributed by atoms with Gasteiger partial charge in [0.2, 0.25) is 11.8 Å². The molecular weight excluding hydrogens is 512 g/mol. The molecule has 2 aliphatic rings. The van der Waals surface area contributed by atoms with Crippen molar-refractivity contribution in [1.82, 2.24) is 20.9 Å². The van der Waals surface area contributed by atoms with Crippen molar-refractivity contribution in [2.75, 3.05) is 19.0 Å². The van der Waals surface area contributed by atoms with E-state index in [4.69, 9.17) is 0 Å². The second-order valence-corrected chi connectivity index (χ2v) is 12.6. The Morgan fingerprint density at radius 3 is 2.41 bits per heavy atom. The Kier molecular flexibility index (Phi) is 9.69. The highest BCUT2D eigenvalue weighted by Gasteiger charge is 2.49. The van der Waals surface area contributed by atoms with Gasteiger partial charge in [0.1, 0.15) is 6.04 Å². The molecule has 2 fully saturated rings. The van der Waals surface area contributed by atoms with Crippen LogP contribution in [-0.4, -0.2) is 69.6 Å². The highest BCUT2D eigenvalue weighted by molar-refractivity contribution is 8.00. The second-order valence-electron chi connectivity index (χ2n) is 11.0. The molecule has 2 aromatic rings. The summed E-state index contributed by atoms with van der Waals surface area (Å²) in [4.78, 5) is 41.8. The van der Waals surface area contributed by atoms with Crippen LogP contribution in [0.2, 0.25) is 0 Å². The van der Waals surface area contributed by atoms with E-state index in [0.29, 0.717) is 25.8 Å². The zero-order valence-corrected chi connectivity index (χ0v) is 23.8. The van der Waals surface area contributed by atoms with E-state index >= 15 is 0 Å². The first-order valence-electron chi connectivity index (χ1n) is 13.7. The Morgan fingerprint density at radius 2 is 1.72 bits per heavy atom. The Morgan fingerprint density at radius 1 is 1.05 bits per heavy atom. The maximum absolute atomic E-state index is 13.8. The maximum atomic E-state index is 13.8. The third kappa shape index (κ3) is 7.21. The average Bonchev–Trinajstić information content (AvgIpc) is 3.27. The Balaban J connectivity index is 1.50. The molecule has 39 heavy (non-hydrogen) atoms. The first-order chi connectivity index (χ1) is 18.7. The number of carbonyl (C=O) groups excluding carboxylic acids is 3. The number of carbonyl (C=O) groups is 3. The zero-order chi connectivity index (χ0) is 28.0. The Hall–Kier alpha value is -2.88. The summed E-state index contributed by atoms with van der Waals surface area (Å²) >= 11 is 1.51. The number of nitrogens with zero attached hydrogens (tertiary/aromatic N) is 1. The van der Waals surface area contributed by atoms with E-state index < -0.39 is 28.8 Å². The number of amides is 3. The Bertz CT molecular complexity index is 1150. The van der Waals surface area contributed by atoms with Crippen molar-refractivity contribution < 1.29 is 19.5 Å².